The van der Waals surface area contributed by atoms with Crippen LogP contribution in [0.25, 0.3) is 5.57 Å². The third kappa shape index (κ3) is 5.64. The lowest BCUT2D eigenvalue weighted by molar-refractivity contribution is -0.132. The highest BCUT2D eigenvalue weighted by Crippen LogP contribution is 2.35. The molecule has 31 heavy (non-hydrogen) atoms. The third-order valence-electron chi connectivity index (χ3n) is 4.99. The number of pyridine rings is 1. The summed E-state index contributed by atoms with van der Waals surface area (Å²) in [5.41, 5.74) is 4.72. The fourth-order valence-corrected chi connectivity index (χ4v) is 3.23. The van der Waals surface area contributed by atoms with Gasteiger partial charge in [0.2, 0.25) is 5.88 Å². The number of benzene rings is 2. The molecule has 1 heterocycles. The summed E-state index contributed by atoms with van der Waals surface area (Å²) in [6.45, 7) is 7.68. The van der Waals surface area contributed by atoms with Crippen molar-refractivity contribution in [1.29, 1.82) is 0 Å². The molecule has 0 aliphatic rings. The van der Waals surface area contributed by atoms with Gasteiger partial charge in [-0.15, -0.1) is 0 Å². The maximum absolute atomic E-state index is 11.2. The number of rotatable bonds is 7. The van der Waals surface area contributed by atoms with Gasteiger partial charge in [-0.3, -0.25) is 0 Å². The number of allylic oxidation sites excluding steroid dienone is 1. The number of nitrogens with zero attached hydrogens (tertiary/aromatic N) is 1. The SMILES string of the molecule is C/C(C(=O)O)=C(\C)c1cc(C)c(Oc2ccc(OCc3ccc(C)cc3)cn2)c(Cl)c1. The van der Waals surface area contributed by atoms with E-state index in [4.69, 9.17) is 21.1 Å². The van der Waals surface area contributed by atoms with Gasteiger partial charge in [-0.2, -0.15) is 0 Å². The first-order valence-corrected chi connectivity index (χ1v) is 10.2. The average Bonchev–Trinajstić information content (AvgIpc) is 2.75. The molecule has 3 aromatic rings. The lowest BCUT2D eigenvalue weighted by atomic mass is 10.00. The van der Waals surface area contributed by atoms with E-state index in [-0.39, 0.29) is 5.57 Å². The number of ether oxygens (including phenoxy) is 2. The van der Waals surface area contributed by atoms with Crippen LogP contribution in [0.2, 0.25) is 5.02 Å². The van der Waals surface area contributed by atoms with Crippen molar-refractivity contribution < 1.29 is 19.4 Å². The fourth-order valence-electron chi connectivity index (χ4n) is 2.92. The van der Waals surface area contributed by atoms with Gasteiger partial charge in [-0.1, -0.05) is 41.4 Å². The molecule has 0 radical (unpaired) electrons. The van der Waals surface area contributed by atoms with Gasteiger partial charge in [0.25, 0.3) is 0 Å². The largest absolute Gasteiger partial charge is 0.487 e. The van der Waals surface area contributed by atoms with Crippen molar-refractivity contribution in [2.75, 3.05) is 0 Å². The summed E-state index contributed by atoms with van der Waals surface area (Å²) in [5, 5.41) is 9.59. The molecular weight excluding hydrogens is 414 g/mol. The van der Waals surface area contributed by atoms with E-state index in [1.165, 1.54) is 5.56 Å². The van der Waals surface area contributed by atoms with Crippen LogP contribution in [0.3, 0.4) is 0 Å². The molecule has 1 N–H and O–H groups in total. The zero-order chi connectivity index (χ0) is 22.5. The Hall–Kier alpha value is -3.31. The van der Waals surface area contributed by atoms with Crippen molar-refractivity contribution in [3.05, 3.63) is 87.6 Å². The topological polar surface area (TPSA) is 68.7 Å². The third-order valence-corrected chi connectivity index (χ3v) is 5.27. The van der Waals surface area contributed by atoms with Crippen LogP contribution < -0.4 is 9.47 Å². The summed E-state index contributed by atoms with van der Waals surface area (Å²) in [5.74, 6) is 0.540. The minimum atomic E-state index is -0.958. The van der Waals surface area contributed by atoms with Gasteiger partial charge in [0.1, 0.15) is 12.4 Å². The highest BCUT2D eigenvalue weighted by atomic mass is 35.5. The summed E-state index contributed by atoms with van der Waals surface area (Å²) in [7, 11) is 0. The Kier molecular flexibility index (Phi) is 6.98. The van der Waals surface area contributed by atoms with Crippen molar-refractivity contribution in [3.8, 4) is 17.4 Å². The number of aryl methyl sites for hydroxylation is 2. The van der Waals surface area contributed by atoms with Crippen LogP contribution in [-0.2, 0) is 11.4 Å². The number of carboxylic acid groups (broad SMARTS) is 1. The molecule has 0 atom stereocenters. The Morgan fingerprint density at radius 2 is 1.77 bits per heavy atom. The van der Waals surface area contributed by atoms with E-state index in [0.29, 0.717) is 34.6 Å². The van der Waals surface area contributed by atoms with E-state index in [0.717, 1.165) is 16.7 Å². The molecule has 0 bridgehead atoms. The van der Waals surface area contributed by atoms with Gasteiger partial charge in [0.05, 0.1) is 11.2 Å². The summed E-state index contributed by atoms with van der Waals surface area (Å²) >= 11 is 6.43. The zero-order valence-electron chi connectivity index (χ0n) is 17.9. The molecule has 0 saturated heterocycles. The van der Waals surface area contributed by atoms with Crippen LogP contribution in [0.15, 0.2) is 60.3 Å². The molecule has 0 aliphatic heterocycles. The second-order valence-corrected chi connectivity index (χ2v) is 7.77. The molecule has 1 aromatic heterocycles. The van der Waals surface area contributed by atoms with Crippen LogP contribution in [-0.4, -0.2) is 16.1 Å². The Morgan fingerprint density at radius 1 is 1.06 bits per heavy atom. The first-order valence-electron chi connectivity index (χ1n) is 9.78. The molecule has 3 rings (SSSR count). The van der Waals surface area contributed by atoms with Gasteiger partial charge in [-0.05, 0) is 68.2 Å². The maximum atomic E-state index is 11.2. The quantitative estimate of drug-likeness (QED) is 0.421. The Balaban J connectivity index is 1.71. The number of hydrogen-bond acceptors (Lipinski definition) is 4. The van der Waals surface area contributed by atoms with E-state index < -0.39 is 5.97 Å². The molecule has 0 amide bonds. The molecule has 160 valence electrons. The van der Waals surface area contributed by atoms with Gasteiger partial charge < -0.3 is 14.6 Å². The van der Waals surface area contributed by atoms with Crippen LogP contribution in [0, 0.1) is 13.8 Å². The summed E-state index contributed by atoms with van der Waals surface area (Å²) in [6, 6.07) is 15.2. The number of aliphatic carboxylic acids is 1. The molecule has 0 saturated carbocycles. The number of aromatic nitrogens is 1. The van der Waals surface area contributed by atoms with E-state index in [9.17, 15) is 9.90 Å². The van der Waals surface area contributed by atoms with Crippen molar-refractivity contribution >= 4 is 23.1 Å². The normalized spacial score (nSPS) is 11.6. The lowest BCUT2D eigenvalue weighted by Gasteiger charge is -2.13. The predicted molar refractivity (Wildman–Crippen MR) is 122 cm³/mol. The fraction of sp³-hybridized carbons (Fsp3) is 0.200. The first-order chi connectivity index (χ1) is 14.7. The second kappa shape index (κ2) is 9.67. The Bertz CT molecular complexity index is 1100. The summed E-state index contributed by atoms with van der Waals surface area (Å²) in [6.07, 6.45) is 1.60. The zero-order valence-corrected chi connectivity index (χ0v) is 18.7. The van der Waals surface area contributed by atoms with E-state index in [2.05, 4.69) is 4.98 Å². The monoisotopic (exact) mass is 437 g/mol. The van der Waals surface area contributed by atoms with Crippen molar-refractivity contribution in [1.82, 2.24) is 4.98 Å². The lowest BCUT2D eigenvalue weighted by Crippen LogP contribution is -2.00. The molecule has 0 aliphatic carbocycles. The standard InChI is InChI=1S/C25H24ClNO4/c1-15-5-7-19(8-6-15)14-30-21-9-10-23(27-13-21)31-24-16(2)11-20(12-22(24)26)17(3)18(4)25(28)29/h5-13H,14H2,1-4H3,(H,28,29)/b18-17-. The number of carbonyl (C=O) groups is 1. The molecule has 0 fully saturated rings. The minimum Gasteiger partial charge on any atom is -0.487 e. The molecule has 6 heteroatoms. The van der Waals surface area contributed by atoms with E-state index in [1.54, 1.807) is 38.2 Å². The molecule has 0 spiro atoms. The summed E-state index contributed by atoms with van der Waals surface area (Å²) in [4.78, 5) is 15.5. The minimum absolute atomic E-state index is 0.270. The maximum Gasteiger partial charge on any atom is 0.331 e. The highest BCUT2D eigenvalue weighted by Gasteiger charge is 2.14. The van der Waals surface area contributed by atoms with Gasteiger partial charge in [0.15, 0.2) is 5.75 Å². The molecule has 5 nitrogen and oxygen atoms in total. The smallest absolute Gasteiger partial charge is 0.331 e. The van der Waals surface area contributed by atoms with Crippen LogP contribution >= 0.6 is 11.6 Å². The number of carboxylic acids is 1. The number of halogens is 1. The Labute approximate surface area is 186 Å². The second-order valence-electron chi connectivity index (χ2n) is 7.37. The van der Waals surface area contributed by atoms with E-state index in [1.807, 2.05) is 44.2 Å². The first kappa shape index (κ1) is 22.4. The predicted octanol–water partition coefficient (Wildman–Crippen LogP) is 6.60. The van der Waals surface area contributed by atoms with Crippen molar-refractivity contribution in [3.63, 3.8) is 0 Å². The molecule has 0 unspecified atom stereocenters. The Morgan fingerprint density at radius 3 is 2.35 bits per heavy atom. The average molecular weight is 438 g/mol. The molecule has 2 aromatic carbocycles. The van der Waals surface area contributed by atoms with Crippen molar-refractivity contribution in [2.45, 2.75) is 34.3 Å². The van der Waals surface area contributed by atoms with E-state index >= 15 is 0 Å². The van der Waals surface area contributed by atoms with Gasteiger partial charge in [-0.25, -0.2) is 9.78 Å². The number of hydrogen-bond donors (Lipinski definition) is 1. The van der Waals surface area contributed by atoms with Crippen LogP contribution in [0.5, 0.6) is 17.4 Å². The van der Waals surface area contributed by atoms with Gasteiger partial charge >= 0.3 is 5.97 Å². The molecular formula is C25H24ClNO4. The highest BCUT2D eigenvalue weighted by molar-refractivity contribution is 6.32. The van der Waals surface area contributed by atoms with Crippen molar-refractivity contribution in [2.24, 2.45) is 0 Å². The van der Waals surface area contributed by atoms with Gasteiger partial charge in [0, 0.05) is 11.6 Å². The van der Waals surface area contributed by atoms with Crippen LogP contribution in [0.1, 0.15) is 36.1 Å². The summed E-state index contributed by atoms with van der Waals surface area (Å²) < 4.78 is 11.7. The van der Waals surface area contributed by atoms with Crippen LogP contribution in [0.4, 0.5) is 0 Å².